The van der Waals surface area contributed by atoms with E-state index >= 15 is 0 Å². The van der Waals surface area contributed by atoms with Crippen LogP contribution in [-0.2, 0) is 0 Å². The number of nitrogens with zero attached hydrogens (tertiary/aromatic N) is 3. The zero-order chi connectivity index (χ0) is 17.4. The number of hydrogen-bond donors (Lipinski definition) is 0. The van der Waals surface area contributed by atoms with Gasteiger partial charge in [-0.15, -0.1) is 0 Å². The minimum Gasteiger partial charge on any atom is -0.244 e. The van der Waals surface area contributed by atoms with Crippen LogP contribution in [0.25, 0.3) is 33.7 Å². The largest absolute Gasteiger partial charge is 0.244 e. The van der Waals surface area contributed by atoms with Crippen molar-refractivity contribution in [3.63, 3.8) is 0 Å². The van der Waals surface area contributed by atoms with Gasteiger partial charge in [-0.2, -0.15) is 0 Å². The molecule has 0 saturated carbocycles. The molecule has 0 unspecified atom stereocenters. The fourth-order valence-corrected chi connectivity index (χ4v) is 2.70. The average Bonchev–Trinajstić information content (AvgIpc) is 2.62. The molecule has 2 aromatic heterocycles. The van der Waals surface area contributed by atoms with Crippen LogP contribution in [0.5, 0.6) is 0 Å². The molecule has 0 radical (unpaired) electrons. The van der Waals surface area contributed by atoms with Crippen LogP contribution in [0.2, 0.25) is 0 Å². The van der Waals surface area contributed by atoms with Gasteiger partial charge in [0.05, 0.1) is 11.2 Å². The Labute approximate surface area is 143 Å². The van der Waals surface area contributed by atoms with Crippen LogP contribution in [0.1, 0.15) is 5.56 Å². The van der Waals surface area contributed by atoms with E-state index in [0.717, 1.165) is 22.5 Å². The maximum absolute atomic E-state index is 14.1. The van der Waals surface area contributed by atoms with Crippen molar-refractivity contribution >= 4 is 10.9 Å². The van der Waals surface area contributed by atoms with Crippen LogP contribution >= 0.6 is 0 Å². The van der Waals surface area contributed by atoms with Gasteiger partial charge >= 0.3 is 0 Å². The van der Waals surface area contributed by atoms with Crippen LogP contribution in [0.3, 0.4) is 0 Å². The quantitative estimate of drug-likeness (QED) is 0.521. The first kappa shape index (κ1) is 15.3. The van der Waals surface area contributed by atoms with Crippen molar-refractivity contribution in [1.82, 2.24) is 15.0 Å². The van der Waals surface area contributed by atoms with Crippen LogP contribution in [0.4, 0.5) is 8.78 Å². The Bertz CT molecular complexity index is 1090. The van der Waals surface area contributed by atoms with Gasteiger partial charge in [0.15, 0.2) is 5.82 Å². The zero-order valence-electron chi connectivity index (χ0n) is 13.4. The molecule has 5 heteroatoms. The molecule has 0 spiro atoms. The third-order valence-electron chi connectivity index (χ3n) is 4.00. The zero-order valence-corrected chi connectivity index (χ0v) is 13.4. The number of pyridine rings is 1. The first-order valence-electron chi connectivity index (χ1n) is 7.77. The molecule has 2 heterocycles. The van der Waals surface area contributed by atoms with Crippen molar-refractivity contribution in [2.24, 2.45) is 0 Å². The molecule has 122 valence electrons. The lowest BCUT2D eigenvalue weighted by molar-refractivity contribution is 0.585. The Morgan fingerprint density at radius 1 is 0.880 bits per heavy atom. The number of aryl methyl sites for hydroxylation is 1. The highest BCUT2D eigenvalue weighted by atomic mass is 19.1. The fraction of sp³-hybridized carbons (Fsp3) is 0.0500. The monoisotopic (exact) mass is 333 g/mol. The van der Waals surface area contributed by atoms with E-state index in [0.29, 0.717) is 17.2 Å². The number of fused-ring (bicyclic) bond motifs is 1. The minimum atomic E-state index is -0.646. The van der Waals surface area contributed by atoms with E-state index in [9.17, 15) is 8.78 Å². The van der Waals surface area contributed by atoms with Gasteiger partial charge in [-0.1, -0.05) is 24.3 Å². The molecule has 0 amide bonds. The summed E-state index contributed by atoms with van der Waals surface area (Å²) >= 11 is 0. The SMILES string of the molecule is Cc1ccc(-c2ncc3ccccc3n2)nc1-c1ccc(F)cc1F. The molecule has 2 aromatic carbocycles. The Kier molecular flexibility index (Phi) is 3.69. The molecular formula is C20H13F2N3. The summed E-state index contributed by atoms with van der Waals surface area (Å²) in [6, 6.07) is 14.8. The second kappa shape index (κ2) is 6.02. The molecule has 0 N–H and O–H groups in total. The third kappa shape index (κ3) is 2.85. The van der Waals surface area contributed by atoms with Crippen molar-refractivity contribution in [3.05, 3.63) is 78.0 Å². The summed E-state index contributed by atoms with van der Waals surface area (Å²) in [6.45, 7) is 1.83. The van der Waals surface area contributed by atoms with Gasteiger partial charge in [-0.05, 0) is 36.8 Å². The Hall–Kier alpha value is -3.21. The second-order valence-electron chi connectivity index (χ2n) is 5.74. The highest BCUT2D eigenvalue weighted by Crippen LogP contribution is 2.27. The van der Waals surface area contributed by atoms with Gasteiger partial charge in [0.2, 0.25) is 0 Å². The smallest absolute Gasteiger partial charge is 0.178 e. The van der Waals surface area contributed by atoms with E-state index < -0.39 is 11.6 Å². The topological polar surface area (TPSA) is 38.7 Å². The van der Waals surface area contributed by atoms with Crippen molar-refractivity contribution < 1.29 is 8.78 Å². The average molecular weight is 333 g/mol. The number of aromatic nitrogens is 3. The van der Waals surface area contributed by atoms with E-state index in [2.05, 4.69) is 15.0 Å². The number of benzene rings is 2. The molecule has 0 atom stereocenters. The molecule has 0 bridgehead atoms. The molecule has 0 aliphatic heterocycles. The number of rotatable bonds is 2. The summed E-state index contributed by atoms with van der Waals surface area (Å²) in [7, 11) is 0. The van der Waals surface area contributed by atoms with E-state index in [1.165, 1.54) is 12.1 Å². The second-order valence-corrected chi connectivity index (χ2v) is 5.74. The first-order chi connectivity index (χ1) is 12.1. The van der Waals surface area contributed by atoms with Gasteiger partial charge in [0.25, 0.3) is 0 Å². The summed E-state index contributed by atoms with van der Waals surface area (Å²) in [5.74, 6) is -0.803. The van der Waals surface area contributed by atoms with E-state index in [1.54, 1.807) is 12.3 Å². The van der Waals surface area contributed by atoms with Crippen LogP contribution in [0.15, 0.2) is 60.8 Å². The molecular weight excluding hydrogens is 320 g/mol. The van der Waals surface area contributed by atoms with E-state index in [-0.39, 0.29) is 5.56 Å². The lowest BCUT2D eigenvalue weighted by Gasteiger charge is -2.09. The summed E-state index contributed by atoms with van der Waals surface area (Å²) in [4.78, 5) is 13.4. The molecule has 4 rings (SSSR count). The summed E-state index contributed by atoms with van der Waals surface area (Å²) in [5, 5.41) is 0.933. The lowest BCUT2D eigenvalue weighted by Crippen LogP contribution is -1.97. The van der Waals surface area contributed by atoms with Gasteiger partial charge in [0.1, 0.15) is 17.3 Å². The molecule has 0 aliphatic carbocycles. The van der Waals surface area contributed by atoms with Crippen molar-refractivity contribution in [2.45, 2.75) is 6.92 Å². The Morgan fingerprint density at radius 2 is 1.72 bits per heavy atom. The van der Waals surface area contributed by atoms with Crippen molar-refractivity contribution in [3.8, 4) is 22.8 Å². The number of para-hydroxylation sites is 1. The molecule has 4 aromatic rings. The van der Waals surface area contributed by atoms with Crippen molar-refractivity contribution in [2.75, 3.05) is 0 Å². The van der Waals surface area contributed by atoms with Crippen LogP contribution in [0, 0.1) is 18.6 Å². The molecule has 3 nitrogen and oxygen atoms in total. The molecule has 0 saturated heterocycles. The minimum absolute atomic E-state index is 0.251. The molecule has 25 heavy (non-hydrogen) atoms. The summed E-state index contributed by atoms with van der Waals surface area (Å²) < 4.78 is 27.3. The highest BCUT2D eigenvalue weighted by molar-refractivity contribution is 5.79. The maximum atomic E-state index is 14.1. The van der Waals surface area contributed by atoms with Crippen LogP contribution in [-0.4, -0.2) is 15.0 Å². The van der Waals surface area contributed by atoms with E-state index in [4.69, 9.17) is 0 Å². The standard InChI is InChI=1S/C20H13F2N3/c1-12-6-9-18(20-23-11-13-4-2-3-5-17(13)25-20)24-19(12)15-8-7-14(21)10-16(15)22/h2-11H,1H3. The molecule has 0 aliphatic rings. The van der Waals surface area contributed by atoms with E-state index in [1.807, 2.05) is 37.3 Å². The van der Waals surface area contributed by atoms with Gasteiger partial charge in [-0.25, -0.2) is 23.7 Å². The third-order valence-corrected chi connectivity index (χ3v) is 4.00. The van der Waals surface area contributed by atoms with Gasteiger partial charge in [0, 0.05) is 23.2 Å². The van der Waals surface area contributed by atoms with Crippen molar-refractivity contribution in [1.29, 1.82) is 0 Å². The first-order valence-corrected chi connectivity index (χ1v) is 7.77. The van der Waals surface area contributed by atoms with Gasteiger partial charge < -0.3 is 0 Å². The number of halogens is 2. The number of hydrogen-bond acceptors (Lipinski definition) is 3. The maximum Gasteiger partial charge on any atom is 0.178 e. The Balaban J connectivity index is 1.86. The Morgan fingerprint density at radius 3 is 2.56 bits per heavy atom. The normalized spacial score (nSPS) is 11.0. The predicted octanol–water partition coefficient (Wildman–Crippen LogP) is 4.95. The summed E-state index contributed by atoms with van der Waals surface area (Å²) in [5.41, 5.74) is 2.84. The summed E-state index contributed by atoms with van der Waals surface area (Å²) in [6.07, 6.45) is 1.73. The molecule has 0 fully saturated rings. The highest BCUT2D eigenvalue weighted by Gasteiger charge is 2.13. The van der Waals surface area contributed by atoms with Gasteiger partial charge in [-0.3, -0.25) is 0 Å². The van der Waals surface area contributed by atoms with Crippen LogP contribution < -0.4 is 0 Å². The predicted molar refractivity (Wildman–Crippen MR) is 92.9 cm³/mol. The lowest BCUT2D eigenvalue weighted by atomic mass is 10.1. The fourth-order valence-electron chi connectivity index (χ4n) is 2.70.